The summed E-state index contributed by atoms with van der Waals surface area (Å²) in [5.41, 5.74) is 10.3. The molecule has 2 aromatic carbocycles. The molecule has 0 saturated heterocycles. The lowest BCUT2D eigenvalue weighted by Crippen LogP contribution is -2.49. The number of carbonyl (C=O) groups excluding carboxylic acids is 1. The third-order valence-electron chi connectivity index (χ3n) is 8.49. The van der Waals surface area contributed by atoms with Gasteiger partial charge in [0.05, 0.1) is 23.1 Å². The Morgan fingerprint density at radius 3 is 2.73 bits per heavy atom. The van der Waals surface area contributed by atoms with Crippen LogP contribution in [0.2, 0.25) is 0 Å². The van der Waals surface area contributed by atoms with Crippen molar-refractivity contribution in [1.82, 2.24) is 20.2 Å². The number of allylic oxidation sites excluding steroid dienone is 1. The minimum Gasteiger partial charge on any atom is -0.390 e. The monoisotopic (exact) mass is 532 g/mol. The van der Waals surface area contributed by atoms with Crippen molar-refractivity contribution in [3.8, 4) is 0 Å². The van der Waals surface area contributed by atoms with E-state index in [-0.39, 0.29) is 18.0 Å². The van der Waals surface area contributed by atoms with E-state index in [0.29, 0.717) is 13.1 Å². The maximum atomic E-state index is 14.4. The molecular weight excluding hydrogens is 496 g/mol. The molecule has 1 aliphatic carbocycles. The largest absolute Gasteiger partial charge is 0.390 e. The van der Waals surface area contributed by atoms with Gasteiger partial charge in [-0.2, -0.15) is 0 Å². The fourth-order valence-electron chi connectivity index (χ4n) is 6.16. The fourth-order valence-corrected chi connectivity index (χ4v) is 6.16. The molecule has 40 heavy (non-hydrogen) atoms. The van der Waals surface area contributed by atoms with Gasteiger partial charge in [0.15, 0.2) is 0 Å². The van der Waals surface area contributed by atoms with Crippen LogP contribution in [0.4, 0.5) is 11.4 Å². The molecule has 0 saturated carbocycles. The number of amides is 1. The van der Waals surface area contributed by atoms with Crippen molar-refractivity contribution in [3.05, 3.63) is 102 Å². The molecule has 1 amide bonds. The van der Waals surface area contributed by atoms with E-state index in [2.05, 4.69) is 93.4 Å². The van der Waals surface area contributed by atoms with Gasteiger partial charge < -0.3 is 20.4 Å². The maximum absolute atomic E-state index is 14.4. The number of benzene rings is 2. The van der Waals surface area contributed by atoms with Crippen LogP contribution < -0.4 is 15.5 Å². The predicted octanol–water partition coefficient (Wildman–Crippen LogP) is 5.23. The lowest BCUT2D eigenvalue weighted by atomic mass is 9.91. The number of fused-ring (bicyclic) bond motifs is 4. The van der Waals surface area contributed by atoms with Crippen LogP contribution in [0.15, 0.2) is 90.4 Å². The summed E-state index contributed by atoms with van der Waals surface area (Å²) in [5.74, 6) is 0.0997. The second-order valence-electron chi connectivity index (χ2n) is 10.9. The number of likely N-dealkylation sites (N-methyl/N-ethyl adjacent to an activating group) is 2. The molecule has 0 spiro atoms. The zero-order chi connectivity index (χ0) is 27.8. The second kappa shape index (κ2) is 10.6. The van der Waals surface area contributed by atoms with Gasteiger partial charge in [-0.3, -0.25) is 14.8 Å². The highest BCUT2D eigenvalue weighted by Crippen LogP contribution is 2.40. The molecule has 1 unspecified atom stereocenters. The highest BCUT2D eigenvalue weighted by molar-refractivity contribution is 5.96. The molecular formula is C33H36N6O. The molecule has 6 rings (SSSR count). The van der Waals surface area contributed by atoms with Crippen molar-refractivity contribution >= 4 is 33.9 Å². The molecule has 1 aromatic heterocycles. The van der Waals surface area contributed by atoms with Gasteiger partial charge in [-0.05, 0) is 61.1 Å². The molecule has 2 N–H and O–H groups in total. The lowest BCUT2D eigenvalue weighted by molar-refractivity contribution is -0.129. The molecule has 0 radical (unpaired) electrons. The number of para-hydroxylation sites is 1. The Hall–Kier alpha value is -4.39. The molecule has 2 atom stereocenters. The van der Waals surface area contributed by atoms with E-state index in [1.165, 1.54) is 16.8 Å². The maximum Gasteiger partial charge on any atom is 0.250 e. The van der Waals surface area contributed by atoms with Crippen molar-refractivity contribution in [1.29, 1.82) is 0 Å². The van der Waals surface area contributed by atoms with Gasteiger partial charge in [0, 0.05) is 67.8 Å². The number of aryl methyl sites for hydroxylation is 1. The average Bonchev–Trinajstić information content (AvgIpc) is 3.17. The molecule has 7 heteroatoms. The zero-order valence-electron chi connectivity index (χ0n) is 23.4. The number of anilines is 2. The van der Waals surface area contributed by atoms with Crippen molar-refractivity contribution in [3.63, 3.8) is 0 Å². The third-order valence-corrected chi connectivity index (χ3v) is 8.49. The van der Waals surface area contributed by atoms with E-state index in [1.54, 1.807) is 12.4 Å². The van der Waals surface area contributed by atoms with E-state index < -0.39 is 0 Å². The standard InChI is InChI=1S/C33H36N6O/c1-21-15-29-30(36-14-13-35-29)18-28(21)37-19-23-9-5-6-11-27(23)33(40)39-20-25-16-24(17-32(39)22(2)34-3)26-10-7-8-12-31(26)38(25)4/h5,7-10,12-16,18,25,32,34,37H,2,6,11,17,19-20H2,1,3-4H3/t25?,32-/m1/s1. The van der Waals surface area contributed by atoms with Gasteiger partial charge in [-0.15, -0.1) is 0 Å². The van der Waals surface area contributed by atoms with Gasteiger partial charge in [0.2, 0.25) is 0 Å². The zero-order valence-corrected chi connectivity index (χ0v) is 23.4. The molecule has 3 aromatic rings. The van der Waals surface area contributed by atoms with Crippen LogP contribution >= 0.6 is 0 Å². The first-order chi connectivity index (χ1) is 19.4. The van der Waals surface area contributed by atoms with E-state index >= 15 is 0 Å². The number of nitrogens with zero attached hydrogens (tertiary/aromatic N) is 4. The third kappa shape index (κ3) is 4.66. The summed E-state index contributed by atoms with van der Waals surface area (Å²) in [6.07, 6.45) is 12.4. The first-order valence-corrected chi connectivity index (χ1v) is 14.0. The summed E-state index contributed by atoms with van der Waals surface area (Å²) in [7, 11) is 4.02. The summed E-state index contributed by atoms with van der Waals surface area (Å²) in [5, 5.41) is 6.84. The van der Waals surface area contributed by atoms with Gasteiger partial charge in [0.1, 0.15) is 0 Å². The number of carbonyl (C=O) groups is 1. The van der Waals surface area contributed by atoms with Crippen molar-refractivity contribution in [2.45, 2.75) is 38.3 Å². The van der Waals surface area contributed by atoms with Crippen LogP contribution in [0, 0.1) is 6.92 Å². The van der Waals surface area contributed by atoms with Gasteiger partial charge in [-0.1, -0.05) is 43.0 Å². The number of aromatic nitrogens is 2. The highest BCUT2D eigenvalue weighted by atomic mass is 16.2. The summed E-state index contributed by atoms with van der Waals surface area (Å²) < 4.78 is 0. The minimum absolute atomic E-state index is 0.0997. The quantitative estimate of drug-likeness (QED) is 0.453. The first-order valence-electron chi connectivity index (χ1n) is 14.0. The van der Waals surface area contributed by atoms with Crippen LogP contribution in [-0.4, -0.2) is 60.0 Å². The van der Waals surface area contributed by atoms with E-state index in [9.17, 15) is 4.79 Å². The molecule has 204 valence electrons. The van der Waals surface area contributed by atoms with Crippen LogP contribution in [0.1, 0.15) is 30.4 Å². The summed E-state index contributed by atoms with van der Waals surface area (Å²) >= 11 is 0. The van der Waals surface area contributed by atoms with E-state index in [4.69, 9.17) is 0 Å². The smallest absolute Gasteiger partial charge is 0.250 e. The predicted molar refractivity (Wildman–Crippen MR) is 163 cm³/mol. The number of nitrogens with one attached hydrogen (secondary N) is 2. The van der Waals surface area contributed by atoms with Gasteiger partial charge in [-0.25, -0.2) is 0 Å². The molecule has 0 fully saturated rings. The molecule has 2 aliphatic heterocycles. The Morgan fingerprint density at radius 2 is 1.93 bits per heavy atom. The second-order valence-corrected chi connectivity index (χ2v) is 10.9. The number of rotatable bonds is 6. The van der Waals surface area contributed by atoms with E-state index in [1.807, 2.05) is 19.2 Å². The molecule has 2 bridgehead atoms. The molecule has 3 aliphatic rings. The Balaban J connectivity index is 1.31. The van der Waals surface area contributed by atoms with Crippen LogP contribution in [0.3, 0.4) is 0 Å². The Kier molecular flexibility index (Phi) is 6.88. The van der Waals surface area contributed by atoms with E-state index in [0.717, 1.165) is 58.4 Å². The fraction of sp³-hybridized carbons (Fsp3) is 0.303. The summed E-state index contributed by atoms with van der Waals surface area (Å²) in [6, 6.07) is 12.6. The van der Waals surface area contributed by atoms with Crippen molar-refractivity contribution < 1.29 is 4.79 Å². The highest BCUT2D eigenvalue weighted by Gasteiger charge is 2.37. The van der Waals surface area contributed by atoms with Gasteiger partial charge >= 0.3 is 0 Å². The van der Waals surface area contributed by atoms with Crippen molar-refractivity contribution in [2.75, 3.05) is 37.4 Å². The van der Waals surface area contributed by atoms with Gasteiger partial charge in [0.25, 0.3) is 5.91 Å². The minimum atomic E-state index is -0.137. The number of hydrogen-bond acceptors (Lipinski definition) is 6. The Morgan fingerprint density at radius 1 is 1.15 bits per heavy atom. The Labute approximate surface area is 236 Å². The first kappa shape index (κ1) is 25.9. The lowest BCUT2D eigenvalue weighted by Gasteiger charge is -2.37. The average molecular weight is 533 g/mol. The molecule has 7 nitrogen and oxygen atoms in total. The summed E-state index contributed by atoms with van der Waals surface area (Å²) in [6.45, 7) is 7.57. The van der Waals surface area contributed by atoms with Crippen molar-refractivity contribution in [2.24, 2.45) is 0 Å². The normalized spacial score (nSPS) is 20.1. The number of hydrogen-bond donors (Lipinski definition) is 2. The summed E-state index contributed by atoms with van der Waals surface area (Å²) in [4.78, 5) is 27.7. The Bertz CT molecular complexity index is 1580. The van der Waals surface area contributed by atoms with Crippen LogP contribution in [-0.2, 0) is 4.79 Å². The van der Waals surface area contributed by atoms with Crippen LogP contribution in [0.5, 0.6) is 0 Å². The SMILES string of the molecule is C=C(NC)[C@H]1CC2=CC(CN1C(=O)C1=C(CNc3cc4nccnc4cc3C)C=CCC1)N(C)c1ccccc12. The van der Waals surface area contributed by atoms with Crippen LogP contribution in [0.25, 0.3) is 16.6 Å². The molecule has 3 heterocycles. The topological polar surface area (TPSA) is 73.4 Å².